The summed E-state index contributed by atoms with van der Waals surface area (Å²) in [4.78, 5) is 24.3. The standard InChI is InChI=1S/C20H22Cl2N2O3/c1-13-5-3-6-15(11-13)20(26)24-14(2)19(25)23-9-4-10-27-18-8-7-16(21)12-17(18)22/h3,5-8,11-12,14H,4,9-10H2,1-2H3,(H,23,25)(H,24,26). The highest BCUT2D eigenvalue weighted by molar-refractivity contribution is 6.35. The van der Waals surface area contributed by atoms with Crippen LogP contribution in [0.1, 0.15) is 29.3 Å². The van der Waals surface area contributed by atoms with Crippen LogP contribution in [0.2, 0.25) is 10.0 Å². The van der Waals surface area contributed by atoms with E-state index in [1.165, 1.54) is 0 Å². The molecule has 2 aromatic rings. The Hall–Kier alpha value is -2.24. The molecule has 144 valence electrons. The summed E-state index contributed by atoms with van der Waals surface area (Å²) in [5.41, 5.74) is 1.52. The van der Waals surface area contributed by atoms with Gasteiger partial charge < -0.3 is 15.4 Å². The van der Waals surface area contributed by atoms with Crippen LogP contribution in [0.3, 0.4) is 0 Å². The highest BCUT2D eigenvalue weighted by atomic mass is 35.5. The molecule has 0 heterocycles. The van der Waals surface area contributed by atoms with Gasteiger partial charge in [0, 0.05) is 17.1 Å². The van der Waals surface area contributed by atoms with Gasteiger partial charge in [-0.1, -0.05) is 40.9 Å². The van der Waals surface area contributed by atoms with Crippen molar-refractivity contribution in [3.63, 3.8) is 0 Å². The van der Waals surface area contributed by atoms with Crippen molar-refractivity contribution in [1.29, 1.82) is 0 Å². The van der Waals surface area contributed by atoms with Crippen LogP contribution in [0.5, 0.6) is 5.75 Å². The SMILES string of the molecule is Cc1cccc(C(=O)NC(C)C(=O)NCCCOc2ccc(Cl)cc2Cl)c1. The first-order valence-corrected chi connectivity index (χ1v) is 9.35. The molecule has 0 aromatic heterocycles. The number of carbonyl (C=O) groups is 2. The van der Waals surface area contributed by atoms with Crippen molar-refractivity contribution in [3.05, 3.63) is 63.6 Å². The fourth-order valence-corrected chi connectivity index (χ4v) is 2.81. The van der Waals surface area contributed by atoms with Crippen molar-refractivity contribution in [3.8, 4) is 5.75 Å². The van der Waals surface area contributed by atoms with Crippen molar-refractivity contribution >= 4 is 35.0 Å². The highest BCUT2D eigenvalue weighted by Gasteiger charge is 2.16. The van der Waals surface area contributed by atoms with E-state index >= 15 is 0 Å². The second kappa shape index (κ2) is 10.2. The summed E-state index contributed by atoms with van der Waals surface area (Å²) in [6.45, 7) is 4.37. The number of hydrogen-bond acceptors (Lipinski definition) is 3. The third kappa shape index (κ3) is 6.77. The van der Waals surface area contributed by atoms with E-state index in [4.69, 9.17) is 27.9 Å². The molecule has 5 nitrogen and oxygen atoms in total. The fourth-order valence-electron chi connectivity index (χ4n) is 2.34. The molecular weight excluding hydrogens is 387 g/mol. The molecule has 7 heteroatoms. The molecule has 2 rings (SSSR count). The lowest BCUT2D eigenvalue weighted by Crippen LogP contribution is -2.45. The predicted octanol–water partition coefficient (Wildman–Crippen LogP) is 4.01. The molecule has 0 fully saturated rings. The van der Waals surface area contributed by atoms with Crippen molar-refractivity contribution in [2.75, 3.05) is 13.2 Å². The first-order valence-electron chi connectivity index (χ1n) is 8.60. The number of ether oxygens (including phenoxy) is 1. The van der Waals surface area contributed by atoms with Gasteiger partial charge in [-0.2, -0.15) is 0 Å². The number of amides is 2. The van der Waals surface area contributed by atoms with Gasteiger partial charge in [0.25, 0.3) is 5.91 Å². The van der Waals surface area contributed by atoms with E-state index in [1.54, 1.807) is 37.3 Å². The van der Waals surface area contributed by atoms with Gasteiger partial charge in [0.05, 0.1) is 11.6 Å². The second-order valence-electron chi connectivity index (χ2n) is 6.13. The molecule has 1 atom stereocenters. The number of rotatable bonds is 8. The largest absolute Gasteiger partial charge is 0.492 e. The molecule has 0 bridgehead atoms. The van der Waals surface area contributed by atoms with E-state index in [-0.39, 0.29) is 11.8 Å². The van der Waals surface area contributed by atoms with Crippen molar-refractivity contribution in [2.45, 2.75) is 26.3 Å². The Morgan fingerprint density at radius 2 is 1.93 bits per heavy atom. The molecule has 2 N–H and O–H groups in total. The summed E-state index contributed by atoms with van der Waals surface area (Å²) in [5.74, 6) is 0.0220. The Morgan fingerprint density at radius 1 is 1.15 bits per heavy atom. The topological polar surface area (TPSA) is 67.4 Å². The highest BCUT2D eigenvalue weighted by Crippen LogP contribution is 2.27. The van der Waals surface area contributed by atoms with Gasteiger partial charge in [0.1, 0.15) is 11.8 Å². The van der Waals surface area contributed by atoms with Gasteiger partial charge in [-0.3, -0.25) is 9.59 Å². The van der Waals surface area contributed by atoms with Crippen LogP contribution in [0.15, 0.2) is 42.5 Å². The van der Waals surface area contributed by atoms with Crippen LogP contribution >= 0.6 is 23.2 Å². The molecule has 0 spiro atoms. The van der Waals surface area contributed by atoms with Crippen LogP contribution in [-0.4, -0.2) is 31.0 Å². The van der Waals surface area contributed by atoms with Gasteiger partial charge in [0.2, 0.25) is 5.91 Å². The first kappa shape index (κ1) is 21.1. The number of benzene rings is 2. The maximum Gasteiger partial charge on any atom is 0.251 e. The molecule has 27 heavy (non-hydrogen) atoms. The lowest BCUT2D eigenvalue weighted by Gasteiger charge is -2.14. The lowest BCUT2D eigenvalue weighted by atomic mass is 10.1. The minimum atomic E-state index is -0.635. The zero-order valence-electron chi connectivity index (χ0n) is 15.2. The Labute approximate surface area is 169 Å². The number of carbonyl (C=O) groups excluding carboxylic acids is 2. The van der Waals surface area contributed by atoms with E-state index in [2.05, 4.69) is 10.6 Å². The van der Waals surface area contributed by atoms with Gasteiger partial charge in [-0.25, -0.2) is 0 Å². The third-order valence-corrected chi connectivity index (χ3v) is 4.32. The van der Waals surface area contributed by atoms with Crippen LogP contribution in [-0.2, 0) is 4.79 Å². The number of halogens is 2. The summed E-state index contributed by atoms with van der Waals surface area (Å²) in [7, 11) is 0. The van der Waals surface area contributed by atoms with E-state index in [1.807, 2.05) is 19.1 Å². The Kier molecular flexibility index (Phi) is 7.95. The molecule has 2 amide bonds. The molecule has 0 saturated carbocycles. The second-order valence-corrected chi connectivity index (χ2v) is 6.98. The van der Waals surface area contributed by atoms with E-state index in [0.717, 1.165) is 5.56 Å². The summed E-state index contributed by atoms with van der Waals surface area (Å²) in [6, 6.07) is 11.6. The Bertz CT molecular complexity index is 812. The molecule has 0 aliphatic rings. The normalized spacial score (nSPS) is 11.6. The maximum atomic E-state index is 12.2. The van der Waals surface area contributed by atoms with E-state index < -0.39 is 6.04 Å². The predicted molar refractivity (Wildman–Crippen MR) is 108 cm³/mol. The average Bonchev–Trinajstić information content (AvgIpc) is 2.62. The number of aryl methyl sites for hydroxylation is 1. The van der Waals surface area contributed by atoms with Crippen LogP contribution in [0, 0.1) is 6.92 Å². The minimum absolute atomic E-state index is 0.250. The summed E-state index contributed by atoms with van der Waals surface area (Å²) >= 11 is 11.9. The molecule has 0 saturated heterocycles. The Balaban J connectivity index is 1.69. The fraction of sp³-hybridized carbons (Fsp3) is 0.300. The van der Waals surface area contributed by atoms with Gasteiger partial charge in [-0.15, -0.1) is 0 Å². The monoisotopic (exact) mass is 408 g/mol. The average molecular weight is 409 g/mol. The van der Waals surface area contributed by atoms with Gasteiger partial charge >= 0.3 is 0 Å². The summed E-state index contributed by atoms with van der Waals surface area (Å²) in [6.07, 6.45) is 0.600. The minimum Gasteiger partial charge on any atom is -0.492 e. The van der Waals surface area contributed by atoms with Crippen LogP contribution in [0.4, 0.5) is 0 Å². The van der Waals surface area contributed by atoms with Gasteiger partial charge in [-0.05, 0) is 50.6 Å². The van der Waals surface area contributed by atoms with Gasteiger partial charge in [0.15, 0.2) is 0 Å². The van der Waals surface area contributed by atoms with E-state index in [9.17, 15) is 9.59 Å². The quantitative estimate of drug-likeness (QED) is 0.648. The van der Waals surface area contributed by atoms with E-state index in [0.29, 0.717) is 40.9 Å². The molecule has 2 aromatic carbocycles. The van der Waals surface area contributed by atoms with Crippen LogP contribution < -0.4 is 15.4 Å². The zero-order chi connectivity index (χ0) is 19.8. The first-order chi connectivity index (χ1) is 12.9. The molecule has 0 aliphatic carbocycles. The summed E-state index contributed by atoms with van der Waals surface area (Å²) < 4.78 is 5.56. The summed E-state index contributed by atoms with van der Waals surface area (Å²) in [5, 5.41) is 6.45. The lowest BCUT2D eigenvalue weighted by molar-refractivity contribution is -0.122. The Morgan fingerprint density at radius 3 is 2.63 bits per heavy atom. The van der Waals surface area contributed by atoms with Crippen molar-refractivity contribution in [2.24, 2.45) is 0 Å². The number of nitrogens with one attached hydrogen (secondary N) is 2. The molecule has 0 radical (unpaired) electrons. The zero-order valence-corrected chi connectivity index (χ0v) is 16.7. The molecule has 1 unspecified atom stereocenters. The van der Waals surface area contributed by atoms with Crippen LogP contribution in [0.25, 0.3) is 0 Å². The number of hydrogen-bond donors (Lipinski definition) is 2. The molecular formula is C20H22Cl2N2O3. The van der Waals surface area contributed by atoms with Crippen molar-refractivity contribution < 1.29 is 14.3 Å². The maximum absolute atomic E-state index is 12.2. The van der Waals surface area contributed by atoms with Crippen molar-refractivity contribution in [1.82, 2.24) is 10.6 Å². The third-order valence-electron chi connectivity index (χ3n) is 3.79. The molecule has 0 aliphatic heterocycles. The smallest absolute Gasteiger partial charge is 0.251 e.